The molecule has 162 valence electrons. The molecule has 0 radical (unpaired) electrons. The van der Waals surface area contributed by atoms with E-state index in [4.69, 9.17) is 5.10 Å². The molecule has 1 saturated carbocycles. The lowest BCUT2D eigenvalue weighted by molar-refractivity contribution is 0.153. The number of anilines is 1. The Morgan fingerprint density at radius 1 is 1.20 bits per heavy atom. The lowest BCUT2D eigenvalue weighted by Crippen LogP contribution is -2.41. The molecule has 3 fully saturated rings. The minimum Gasteiger partial charge on any atom is -0.465 e. The van der Waals surface area contributed by atoms with Crippen molar-refractivity contribution >= 4 is 27.3 Å². The first-order valence-corrected chi connectivity index (χ1v) is 12.2. The summed E-state index contributed by atoms with van der Waals surface area (Å²) in [5.74, 6) is 1.97. The quantitative estimate of drug-likeness (QED) is 0.725. The average molecular weight is 436 g/mol. The molecule has 2 aromatic heterocycles. The van der Waals surface area contributed by atoms with Crippen molar-refractivity contribution in [3.8, 4) is 0 Å². The van der Waals surface area contributed by atoms with Crippen molar-refractivity contribution in [2.75, 3.05) is 42.6 Å². The highest BCUT2D eigenvalue weighted by Crippen LogP contribution is 2.42. The number of carboxylic acid groups (broad SMARTS) is 1. The zero-order valence-corrected chi connectivity index (χ0v) is 17.3. The first-order chi connectivity index (χ1) is 14.3. The van der Waals surface area contributed by atoms with E-state index in [1.54, 1.807) is 16.6 Å². The van der Waals surface area contributed by atoms with Crippen LogP contribution in [-0.2, 0) is 9.84 Å². The third-order valence-electron chi connectivity index (χ3n) is 6.58. The van der Waals surface area contributed by atoms with Gasteiger partial charge >= 0.3 is 6.09 Å². The Hall–Kier alpha value is -2.56. The van der Waals surface area contributed by atoms with E-state index >= 15 is 0 Å². The monoisotopic (exact) mass is 435 g/mol. The number of aromatic nitrogens is 3. The summed E-state index contributed by atoms with van der Waals surface area (Å²) in [6.45, 7) is 1.50. The Labute approximate surface area is 173 Å². The number of amides is 1. The van der Waals surface area contributed by atoms with Crippen LogP contribution in [0.1, 0.15) is 31.0 Å². The van der Waals surface area contributed by atoms with Crippen LogP contribution in [0, 0.1) is 11.8 Å². The molecule has 2 saturated heterocycles. The lowest BCUT2D eigenvalue weighted by atomic mass is 9.90. The second kappa shape index (κ2) is 7.00. The fourth-order valence-corrected chi connectivity index (χ4v) is 5.91. The second-order valence-corrected chi connectivity index (χ2v) is 11.0. The molecule has 0 unspecified atom stereocenters. The minimum atomic E-state index is -3.02. The molecule has 1 aliphatic carbocycles. The van der Waals surface area contributed by atoms with Gasteiger partial charge in [0.05, 0.1) is 11.5 Å². The molecule has 11 heteroatoms. The number of nitrogens with one attached hydrogen (secondary N) is 1. The average Bonchev–Trinajstić information content (AvgIpc) is 3.23. The molecule has 1 amide bonds. The molecule has 2 N–H and O–H groups in total. The highest BCUT2D eigenvalue weighted by molar-refractivity contribution is 7.91. The number of aromatic amines is 1. The Balaban J connectivity index is 1.50. The molecule has 5 rings (SSSR count). The van der Waals surface area contributed by atoms with Crippen LogP contribution in [0.15, 0.2) is 16.9 Å². The molecule has 10 nitrogen and oxygen atoms in total. The molecule has 0 bridgehead atoms. The first-order valence-electron chi connectivity index (χ1n) is 10.4. The zero-order valence-electron chi connectivity index (χ0n) is 16.5. The molecule has 2 aliphatic heterocycles. The number of rotatable bonds is 4. The standard InChI is InChI=1S/C19H25N5O5S/c25-18-15-3-4-16(22-5-7-30(28,29)8-6-22)24(15)21-17(20-18)14-11-23(19(26)27)10-13(14)9-12-1-2-12/h3-4,12-14H,1-2,5-11H2,(H,26,27)(H,20,21,25)/t13-,14-/m1/s1. The van der Waals surface area contributed by atoms with E-state index < -0.39 is 15.9 Å². The van der Waals surface area contributed by atoms with Gasteiger partial charge in [-0.15, -0.1) is 0 Å². The molecule has 3 aliphatic rings. The largest absolute Gasteiger partial charge is 0.465 e. The smallest absolute Gasteiger partial charge is 0.407 e. The number of hydrogen-bond acceptors (Lipinski definition) is 6. The van der Waals surface area contributed by atoms with E-state index in [9.17, 15) is 23.1 Å². The number of fused-ring (bicyclic) bond motifs is 1. The van der Waals surface area contributed by atoms with Crippen molar-refractivity contribution in [1.29, 1.82) is 0 Å². The number of sulfone groups is 1. The molecular formula is C19H25N5O5S. The van der Waals surface area contributed by atoms with Crippen molar-refractivity contribution in [1.82, 2.24) is 19.5 Å². The second-order valence-electron chi connectivity index (χ2n) is 8.70. The van der Waals surface area contributed by atoms with Crippen LogP contribution in [0.5, 0.6) is 0 Å². The molecule has 0 aromatic carbocycles. The highest BCUT2D eigenvalue weighted by atomic mass is 32.2. The number of carbonyl (C=O) groups is 1. The van der Waals surface area contributed by atoms with Gasteiger partial charge in [0.2, 0.25) is 0 Å². The van der Waals surface area contributed by atoms with Crippen LogP contribution < -0.4 is 10.5 Å². The third kappa shape index (κ3) is 3.55. The van der Waals surface area contributed by atoms with Crippen LogP contribution >= 0.6 is 0 Å². The Morgan fingerprint density at radius 2 is 1.93 bits per heavy atom. The van der Waals surface area contributed by atoms with Crippen molar-refractivity contribution in [3.63, 3.8) is 0 Å². The van der Waals surface area contributed by atoms with E-state index in [1.807, 2.05) is 4.90 Å². The van der Waals surface area contributed by atoms with Gasteiger partial charge in [0.1, 0.15) is 17.2 Å². The maximum absolute atomic E-state index is 12.8. The van der Waals surface area contributed by atoms with Crippen LogP contribution in [-0.4, -0.2) is 76.8 Å². The molecule has 30 heavy (non-hydrogen) atoms. The predicted octanol–water partition coefficient (Wildman–Crippen LogP) is 0.751. The van der Waals surface area contributed by atoms with E-state index in [0.717, 1.165) is 6.42 Å². The SMILES string of the molecule is O=C(O)N1C[C@@H](CC2CC2)[C@H](c2nn3c(N4CCS(=O)(=O)CC4)ccc3c(=O)[nH]2)C1. The molecule has 2 aromatic rings. The van der Waals surface area contributed by atoms with E-state index in [0.29, 0.717) is 49.3 Å². The van der Waals surface area contributed by atoms with Crippen molar-refractivity contribution < 1.29 is 18.3 Å². The summed E-state index contributed by atoms with van der Waals surface area (Å²) in [5.41, 5.74) is 0.129. The lowest BCUT2D eigenvalue weighted by Gasteiger charge is -2.28. The van der Waals surface area contributed by atoms with Crippen LogP contribution in [0.25, 0.3) is 5.52 Å². The Morgan fingerprint density at radius 3 is 2.60 bits per heavy atom. The van der Waals surface area contributed by atoms with E-state index in [-0.39, 0.29) is 28.9 Å². The maximum atomic E-state index is 12.8. The van der Waals surface area contributed by atoms with Gasteiger partial charge in [0, 0.05) is 32.1 Å². The minimum absolute atomic E-state index is 0.0793. The summed E-state index contributed by atoms with van der Waals surface area (Å²) in [6.07, 6.45) is 2.36. The summed E-state index contributed by atoms with van der Waals surface area (Å²) < 4.78 is 25.1. The zero-order chi connectivity index (χ0) is 21.0. The summed E-state index contributed by atoms with van der Waals surface area (Å²) in [6, 6.07) is 3.48. The fourth-order valence-electron chi connectivity index (χ4n) is 4.71. The highest BCUT2D eigenvalue weighted by Gasteiger charge is 2.41. The summed E-state index contributed by atoms with van der Waals surface area (Å²) >= 11 is 0. The van der Waals surface area contributed by atoms with Gasteiger partial charge in [-0.3, -0.25) is 4.79 Å². The maximum Gasteiger partial charge on any atom is 0.407 e. The van der Waals surface area contributed by atoms with Crippen LogP contribution in [0.2, 0.25) is 0 Å². The van der Waals surface area contributed by atoms with Crippen molar-refractivity contribution in [3.05, 3.63) is 28.3 Å². The van der Waals surface area contributed by atoms with Gasteiger partial charge in [-0.25, -0.2) is 17.7 Å². The molecular weight excluding hydrogens is 410 g/mol. The first kappa shape index (κ1) is 19.4. The normalized spacial score (nSPS) is 26.4. The number of H-pyrrole nitrogens is 1. The van der Waals surface area contributed by atoms with Crippen LogP contribution in [0.3, 0.4) is 0 Å². The summed E-state index contributed by atoms with van der Waals surface area (Å²) in [4.78, 5) is 30.5. The Bertz CT molecular complexity index is 1140. The van der Waals surface area contributed by atoms with Crippen molar-refractivity contribution in [2.24, 2.45) is 11.8 Å². The number of hydrogen-bond donors (Lipinski definition) is 2. The van der Waals surface area contributed by atoms with Crippen molar-refractivity contribution in [2.45, 2.75) is 25.2 Å². The van der Waals surface area contributed by atoms with Gasteiger partial charge < -0.3 is 19.9 Å². The van der Waals surface area contributed by atoms with E-state index in [2.05, 4.69) is 4.98 Å². The predicted molar refractivity (Wildman–Crippen MR) is 110 cm³/mol. The Kier molecular flexibility index (Phi) is 4.53. The van der Waals surface area contributed by atoms with Gasteiger partial charge in [0.25, 0.3) is 5.56 Å². The molecule has 0 spiro atoms. The topological polar surface area (TPSA) is 128 Å². The van der Waals surface area contributed by atoms with Gasteiger partial charge in [-0.05, 0) is 30.4 Å². The number of nitrogens with zero attached hydrogens (tertiary/aromatic N) is 4. The third-order valence-corrected chi connectivity index (χ3v) is 8.19. The summed E-state index contributed by atoms with van der Waals surface area (Å²) in [7, 11) is -3.02. The molecule has 2 atom stereocenters. The number of likely N-dealkylation sites (tertiary alicyclic amines) is 1. The fraction of sp³-hybridized carbons (Fsp3) is 0.632. The van der Waals surface area contributed by atoms with Crippen LogP contribution in [0.4, 0.5) is 10.6 Å². The van der Waals surface area contributed by atoms with Gasteiger partial charge in [-0.1, -0.05) is 12.8 Å². The molecule has 4 heterocycles. The summed E-state index contributed by atoms with van der Waals surface area (Å²) in [5, 5.41) is 14.2. The van der Waals surface area contributed by atoms with Gasteiger partial charge in [0.15, 0.2) is 9.84 Å². The van der Waals surface area contributed by atoms with E-state index in [1.165, 1.54) is 17.7 Å². The van der Waals surface area contributed by atoms with Gasteiger partial charge in [-0.2, -0.15) is 5.10 Å².